The van der Waals surface area contributed by atoms with Crippen LogP contribution in [0.5, 0.6) is 5.75 Å². The summed E-state index contributed by atoms with van der Waals surface area (Å²) < 4.78 is 5.90. The van der Waals surface area contributed by atoms with E-state index in [4.69, 9.17) is 33.0 Å². The van der Waals surface area contributed by atoms with Crippen molar-refractivity contribution in [2.45, 2.75) is 52.4 Å². The average molecular weight is 608 g/mol. The van der Waals surface area contributed by atoms with Crippen molar-refractivity contribution in [3.63, 3.8) is 0 Å². The lowest BCUT2D eigenvalue weighted by atomic mass is 9.93. The molecule has 42 heavy (non-hydrogen) atoms. The first-order chi connectivity index (χ1) is 20.3. The first kappa shape index (κ1) is 33.6. The summed E-state index contributed by atoms with van der Waals surface area (Å²) >= 11 is 11.7. The van der Waals surface area contributed by atoms with Gasteiger partial charge in [-0.3, -0.25) is 9.88 Å². The number of hydrogen-bond donors (Lipinski definition) is 1. The molecule has 1 aromatic heterocycles. The maximum atomic E-state index is 9.16. The van der Waals surface area contributed by atoms with Gasteiger partial charge in [-0.1, -0.05) is 104 Å². The van der Waals surface area contributed by atoms with Crippen LogP contribution in [0.2, 0.25) is 10.0 Å². The van der Waals surface area contributed by atoms with E-state index in [9.17, 15) is 0 Å². The number of rotatable bonds is 13. The predicted octanol–water partition coefficient (Wildman–Crippen LogP) is 9.16. The average Bonchev–Trinajstić information content (AvgIpc) is 3.01. The van der Waals surface area contributed by atoms with Crippen LogP contribution in [0.1, 0.15) is 73.4 Å². The van der Waals surface area contributed by atoms with Crippen LogP contribution in [0, 0.1) is 6.92 Å². The van der Waals surface area contributed by atoms with Crippen LogP contribution >= 0.6 is 23.2 Å². The molecular formula is C36H44Cl2N2O2. The van der Waals surface area contributed by atoms with Gasteiger partial charge in [0, 0.05) is 41.8 Å². The molecule has 0 amide bonds. The van der Waals surface area contributed by atoms with Gasteiger partial charge in [-0.2, -0.15) is 0 Å². The summed E-state index contributed by atoms with van der Waals surface area (Å²) in [5, 5.41) is 10.6. The Bertz CT molecular complexity index is 1250. The lowest BCUT2D eigenvalue weighted by molar-refractivity contribution is 0.167. The Kier molecular flexibility index (Phi) is 14.3. The predicted molar refractivity (Wildman–Crippen MR) is 177 cm³/mol. The van der Waals surface area contributed by atoms with Crippen molar-refractivity contribution in [2.24, 2.45) is 0 Å². The monoisotopic (exact) mass is 606 g/mol. The van der Waals surface area contributed by atoms with Crippen molar-refractivity contribution in [3.05, 3.63) is 129 Å². The van der Waals surface area contributed by atoms with Gasteiger partial charge in [-0.15, -0.1) is 0 Å². The van der Waals surface area contributed by atoms with E-state index in [0.717, 1.165) is 42.5 Å². The van der Waals surface area contributed by atoms with Crippen LogP contribution in [0.15, 0.2) is 91.1 Å². The highest BCUT2D eigenvalue weighted by Crippen LogP contribution is 2.26. The van der Waals surface area contributed by atoms with Gasteiger partial charge in [0.1, 0.15) is 12.4 Å². The van der Waals surface area contributed by atoms with Gasteiger partial charge in [0.15, 0.2) is 0 Å². The van der Waals surface area contributed by atoms with Gasteiger partial charge in [-0.05, 0) is 73.0 Å². The number of aliphatic hydroxyl groups is 1. The molecule has 0 aliphatic heterocycles. The number of hydrogen-bond acceptors (Lipinski definition) is 4. The Labute approximate surface area is 262 Å². The van der Waals surface area contributed by atoms with Gasteiger partial charge < -0.3 is 9.84 Å². The van der Waals surface area contributed by atoms with Crippen molar-refractivity contribution >= 4 is 23.2 Å². The van der Waals surface area contributed by atoms with Gasteiger partial charge in [-0.25, -0.2) is 0 Å². The molecule has 3 aromatic carbocycles. The minimum atomic E-state index is 0.204. The molecule has 1 N–H and O–H groups in total. The topological polar surface area (TPSA) is 45.6 Å². The smallest absolute Gasteiger partial charge is 0.119 e. The summed E-state index contributed by atoms with van der Waals surface area (Å²) in [6, 6.07) is 28.8. The number of unbranched alkanes of at least 4 members (excludes halogenated alkanes) is 1. The standard InChI is InChI=1S/C23H33NO2.C13H11Cl2N/c1-4-5-14-24(15-17-25)16-18-26-23-12-10-22(11-13-23)20(3)21-8-6-19(2)7-9-21;1-9(10-2-4-11(14)5-3-10)13-7-6-12(15)8-16-13/h6-13,20,25H,4-5,14-18H2,1-3H3;2-9H,1H3. The first-order valence-electron chi connectivity index (χ1n) is 14.8. The van der Waals surface area contributed by atoms with E-state index < -0.39 is 0 Å². The highest BCUT2D eigenvalue weighted by Gasteiger charge is 2.10. The van der Waals surface area contributed by atoms with E-state index in [0.29, 0.717) is 17.5 Å². The molecule has 2 atom stereocenters. The summed E-state index contributed by atoms with van der Waals surface area (Å²) in [7, 11) is 0. The number of halogens is 2. The lowest BCUT2D eigenvalue weighted by Gasteiger charge is -2.21. The zero-order chi connectivity index (χ0) is 30.3. The molecule has 0 aliphatic rings. The molecule has 2 unspecified atom stereocenters. The molecule has 0 fully saturated rings. The molecule has 0 aliphatic carbocycles. The Morgan fingerprint density at radius 3 is 1.88 bits per heavy atom. The molecule has 6 heteroatoms. The SMILES string of the molecule is CC(c1ccc(Cl)cc1)c1ccc(Cl)cn1.CCCCN(CCO)CCOc1ccc(C(C)c2ccc(C)cc2)cc1. The van der Waals surface area contributed by atoms with Gasteiger partial charge >= 0.3 is 0 Å². The molecule has 4 aromatic rings. The van der Waals surface area contributed by atoms with Crippen LogP contribution < -0.4 is 4.74 Å². The second-order valence-corrected chi connectivity index (χ2v) is 11.5. The number of ether oxygens (including phenoxy) is 1. The molecule has 4 rings (SSSR count). The van der Waals surface area contributed by atoms with Crippen molar-refractivity contribution in [1.82, 2.24) is 9.88 Å². The summed E-state index contributed by atoms with van der Waals surface area (Å²) in [5.41, 5.74) is 6.12. The van der Waals surface area contributed by atoms with Crippen molar-refractivity contribution in [3.8, 4) is 5.75 Å². The van der Waals surface area contributed by atoms with Crippen LogP contribution in [0.4, 0.5) is 0 Å². The lowest BCUT2D eigenvalue weighted by Crippen LogP contribution is -2.32. The van der Waals surface area contributed by atoms with Crippen molar-refractivity contribution in [1.29, 1.82) is 0 Å². The molecule has 4 nitrogen and oxygen atoms in total. The summed E-state index contributed by atoms with van der Waals surface area (Å²) in [5.74, 6) is 1.53. The first-order valence-corrected chi connectivity index (χ1v) is 15.6. The second-order valence-electron chi connectivity index (χ2n) is 10.6. The van der Waals surface area contributed by atoms with E-state index in [1.165, 1.54) is 28.7 Å². The molecule has 0 spiro atoms. The van der Waals surface area contributed by atoms with Crippen molar-refractivity contribution in [2.75, 3.05) is 32.8 Å². The third kappa shape index (κ3) is 11.1. The van der Waals surface area contributed by atoms with E-state index in [1.54, 1.807) is 6.20 Å². The highest BCUT2D eigenvalue weighted by molar-refractivity contribution is 6.30. The third-order valence-electron chi connectivity index (χ3n) is 7.44. The zero-order valence-electron chi connectivity index (χ0n) is 25.3. The summed E-state index contributed by atoms with van der Waals surface area (Å²) in [6.07, 6.45) is 4.00. The van der Waals surface area contributed by atoms with Crippen LogP contribution in [-0.4, -0.2) is 47.8 Å². The molecule has 224 valence electrons. The van der Waals surface area contributed by atoms with Crippen LogP contribution in [0.25, 0.3) is 0 Å². The summed E-state index contributed by atoms with van der Waals surface area (Å²) in [6.45, 7) is 12.1. The Morgan fingerprint density at radius 1 is 0.738 bits per heavy atom. The fraction of sp³-hybridized carbons (Fsp3) is 0.361. The Morgan fingerprint density at radius 2 is 1.31 bits per heavy atom. The number of benzene rings is 3. The minimum Gasteiger partial charge on any atom is -0.492 e. The fourth-order valence-electron chi connectivity index (χ4n) is 4.62. The Balaban J connectivity index is 0.000000258. The van der Waals surface area contributed by atoms with Gasteiger partial charge in [0.05, 0.1) is 11.6 Å². The largest absolute Gasteiger partial charge is 0.492 e. The van der Waals surface area contributed by atoms with E-state index in [-0.39, 0.29) is 12.5 Å². The summed E-state index contributed by atoms with van der Waals surface area (Å²) in [4.78, 5) is 6.57. The Hall–Kier alpha value is -2.89. The van der Waals surface area contributed by atoms with Crippen LogP contribution in [-0.2, 0) is 0 Å². The number of aromatic nitrogens is 1. The third-order valence-corrected chi connectivity index (χ3v) is 7.92. The van der Waals surface area contributed by atoms with E-state index in [1.807, 2.05) is 36.4 Å². The van der Waals surface area contributed by atoms with E-state index >= 15 is 0 Å². The van der Waals surface area contributed by atoms with Gasteiger partial charge in [0.2, 0.25) is 0 Å². The van der Waals surface area contributed by atoms with Gasteiger partial charge in [0.25, 0.3) is 0 Å². The normalized spacial score (nSPS) is 12.4. The molecule has 0 saturated heterocycles. The molecular weight excluding hydrogens is 563 g/mol. The number of pyridine rings is 1. The van der Waals surface area contributed by atoms with E-state index in [2.05, 4.69) is 86.1 Å². The van der Waals surface area contributed by atoms with Crippen LogP contribution in [0.3, 0.4) is 0 Å². The molecule has 0 radical (unpaired) electrons. The quantitative estimate of drug-likeness (QED) is 0.165. The highest BCUT2D eigenvalue weighted by atomic mass is 35.5. The molecule has 0 bridgehead atoms. The van der Waals surface area contributed by atoms with Crippen molar-refractivity contribution < 1.29 is 9.84 Å². The second kappa shape index (κ2) is 17.9. The maximum absolute atomic E-state index is 9.16. The minimum absolute atomic E-state index is 0.204. The number of aliphatic hydroxyl groups excluding tert-OH is 1. The molecule has 1 heterocycles. The maximum Gasteiger partial charge on any atom is 0.119 e. The number of aryl methyl sites for hydroxylation is 1. The fourth-order valence-corrected chi connectivity index (χ4v) is 4.85. The zero-order valence-corrected chi connectivity index (χ0v) is 26.8. The number of nitrogens with zero attached hydrogens (tertiary/aromatic N) is 2. The molecule has 0 saturated carbocycles.